The van der Waals surface area contributed by atoms with Gasteiger partial charge in [0, 0.05) is 40.6 Å². The lowest BCUT2D eigenvalue weighted by Crippen LogP contribution is -2.17. The zero-order valence-electron chi connectivity index (χ0n) is 18.6. The summed E-state index contributed by atoms with van der Waals surface area (Å²) in [6.07, 6.45) is 1.58. The van der Waals surface area contributed by atoms with E-state index in [4.69, 9.17) is 0 Å². The maximum absolute atomic E-state index is 12.8. The molecule has 10 heteroatoms. The van der Waals surface area contributed by atoms with E-state index in [2.05, 4.69) is 30.0 Å². The quantitative estimate of drug-likeness (QED) is 0.316. The Hall–Kier alpha value is -4.73. The van der Waals surface area contributed by atoms with Crippen LogP contribution in [0.3, 0.4) is 0 Å². The number of carbonyl (C=O) groups excluding carboxylic acids is 1. The second-order valence-electron chi connectivity index (χ2n) is 7.85. The van der Waals surface area contributed by atoms with E-state index in [-0.39, 0.29) is 23.9 Å². The number of aromatic nitrogens is 4. The zero-order valence-corrected chi connectivity index (χ0v) is 18.6. The van der Waals surface area contributed by atoms with Crippen molar-refractivity contribution in [2.75, 3.05) is 5.32 Å². The van der Waals surface area contributed by atoms with Crippen LogP contribution in [0.1, 0.15) is 5.56 Å². The van der Waals surface area contributed by atoms with Gasteiger partial charge in [0.15, 0.2) is 5.82 Å². The van der Waals surface area contributed by atoms with E-state index in [1.165, 1.54) is 24.4 Å². The number of hydrogen-bond acceptors (Lipinski definition) is 5. The molecule has 0 unspecified atom stereocenters. The molecular weight excluding hydrogens is 471 g/mol. The second kappa shape index (κ2) is 9.49. The van der Waals surface area contributed by atoms with E-state index >= 15 is 0 Å². The van der Waals surface area contributed by atoms with Gasteiger partial charge in [-0.3, -0.25) is 14.8 Å². The molecule has 2 aromatic carbocycles. The lowest BCUT2D eigenvalue weighted by molar-refractivity contribution is -0.274. The van der Waals surface area contributed by atoms with E-state index in [9.17, 15) is 18.0 Å². The van der Waals surface area contributed by atoms with Gasteiger partial charge in [-0.2, -0.15) is 0 Å². The molecule has 0 fully saturated rings. The molecule has 0 aliphatic heterocycles. The minimum absolute atomic E-state index is 0.118. The van der Waals surface area contributed by atoms with Crippen molar-refractivity contribution in [3.63, 3.8) is 0 Å². The van der Waals surface area contributed by atoms with Crippen molar-refractivity contribution in [1.29, 1.82) is 0 Å². The summed E-state index contributed by atoms with van der Waals surface area (Å²) in [6, 6.07) is 16.6. The third-order valence-electron chi connectivity index (χ3n) is 5.34. The maximum atomic E-state index is 12.8. The molecule has 5 aromatic rings. The zero-order chi connectivity index (χ0) is 25.1. The molecule has 0 saturated heterocycles. The average molecular weight is 489 g/mol. The van der Waals surface area contributed by atoms with E-state index in [0.29, 0.717) is 22.5 Å². The van der Waals surface area contributed by atoms with Crippen molar-refractivity contribution >= 4 is 22.6 Å². The van der Waals surface area contributed by atoms with E-state index in [1.54, 1.807) is 36.8 Å². The summed E-state index contributed by atoms with van der Waals surface area (Å²) in [4.78, 5) is 29.0. The van der Waals surface area contributed by atoms with Gasteiger partial charge < -0.3 is 15.0 Å². The fourth-order valence-electron chi connectivity index (χ4n) is 3.84. The maximum Gasteiger partial charge on any atom is 0.573 e. The van der Waals surface area contributed by atoms with Gasteiger partial charge in [0.1, 0.15) is 11.4 Å². The number of anilines is 1. The number of nitrogens with one attached hydrogen (secondary N) is 2. The number of rotatable bonds is 6. The predicted octanol–water partition coefficient (Wildman–Crippen LogP) is 5.77. The number of aromatic amines is 1. The molecule has 5 rings (SSSR count). The first-order valence-corrected chi connectivity index (χ1v) is 10.8. The van der Waals surface area contributed by atoms with Crippen LogP contribution < -0.4 is 10.1 Å². The van der Waals surface area contributed by atoms with Gasteiger partial charge >= 0.3 is 6.36 Å². The molecule has 0 spiro atoms. The van der Waals surface area contributed by atoms with Crippen molar-refractivity contribution in [1.82, 2.24) is 19.9 Å². The Morgan fingerprint density at radius 2 is 1.81 bits per heavy atom. The summed E-state index contributed by atoms with van der Waals surface area (Å²) in [6.45, 7) is 0. The normalized spacial score (nSPS) is 11.4. The number of benzene rings is 2. The van der Waals surface area contributed by atoms with Crippen molar-refractivity contribution in [2.24, 2.45) is 0 Å². The molecule has 0 aliphatic carbocycles. The molecular formula is C26H18F3N5O2. The Morgan fingerprint density at radius 3 is 2.61 bits per heavy atom. The van der Waals surface area contributed by atoms with Crippen molar-refractivity contribution in [3.05, 3.63) is 91.0 Å². The Balaban J connectivity index is 1.45. The van der Waals surface area contributed by atoms with Gasteiger partial charge in [-0.1, -0.05) is 30.3 Å². The molecule has 1 amide bonds. The topological polar surface area (TPSA) is 92.8 Å². The molecule has 3 aromatic heterocycles. The highest BCUT2D eigenvalue weighted by molar-refractivity contribution is 5.95. The van der Waals surface area contributed by atoms with Crippen LogP contribution in [0, 0.1) is 0 Å². The van der Waals surface area contributed by atoms with Crippen LogP contribution in [0.4, 0.5) is 19.0 Å². The second-order valence-corrected chi connectivity index (χ2v) is 7.85. The SMILES string of the molecule is O=C(Cc1c[nH]c2ccccc12)Nc1cnc(-c2cccc(OC(F)(F)F)c2)c(-c2cccnc2)n1. The van der Waals surface area contributed by atoms with Crippen LogP contribution in [-0.2, 0) is 11.2 Å². The number of H-pyrrole nitrogens is 1. The minimum Gasteiger partial charge on any atom is -0.406 e. The summed E-state index contributed by atoms with van der Waals surface area (Å²) >= 11 is 0. The smallest absolute Gasteiger partial charge is 0.406 e. The van der Waals surface area contributed by atoms with E-state index in [0.717, 1.165) is 16.5 Å². The number of alkyl halides is 3. The van der Waals surface area contributed by atoms with Crippen LogP contribution in [0.15, 0.2) is 85.5 Å². The molecule has 0 radical (unpaired) electrons. The van der Waals surface area contributed by atoms with Crippen molar-refractivity contribution in [2.45, 2.75) is 12.8 Å². The lowest BCUT2D eigenvalue weighted by Gasteiger charge is -2.13. The number of fused-ring (bicyclic) bond motifs is 1. The molecule has 0 atom stereocenters. The fourth-order valence-corrected chi connectivity index (χ4v) is 3.84. The van der Waals surface area contributed by atoms with Crippen LogP contribution >= 0.6 is 0 Å². The highest BCUT2D eigenvalue weighted by Gasteiger charge is 2.31. The first-order valence-electron chi connectivity index (χ1n) is 10.8. The van der Waals surface area contributed by atoms with Gasteiger partial charge in [0.25, 0.3) is 0 Å². The van der Waals surface area contributed by atoms with Gasteiger partial charge in [-0.15, -0.1) is 13.2 Å². The monoisotopic (exact) mass is 489 g/mol. The van der Waals surface area contributed by atoms with Gasteiger partial charge in [-0.05, 0) is 35.9 Å². The number of nitrogens with zero attached hydrogens (tertiary/aromatic N) is 3. The van der Waals surface area contributed by atoms with E-state index < -0.39 is 6.36 Å². The van der Waals surface area contributed by atoms with Crippen molar-refractivity contribution < 1.29 is 22.7 Å². The van der Waals surface area contributed by atoms with Gasteiger partial charge in [0.2, 0.25) is 5.91 Å². The first-order chi connectivity index (χ1) is 17.4. The van der Waals surface area contributed by atoms with Gasteiger partial charge in [-0.25, -0.2) is 4.98 Å². The Labute approximate surface area is 203 Å². The molecule has 3 heterocycles. The Morgan fingerprint density at radius 1 is 0.972 bits per heavy atom. The predicted molar refractivity (Wildman–Crippen MR) is 128 cm³/mol. The van der Waals surface area contributed by atoms with Crippen LogP contribution in [0.2, 0.25) is 0 Å². The fraction of sp³-hybridized carbons (Fsp3) is 0.0769. The molecule has 0 aliphatic rings. The van der Waals surface area contributed by atoms with Crippen LogP contribution in [0.25, 0.3) is 33.4 Å². The summed E-state index contributed by atoms with van der Waals surface area (Å²) in [5, 5.41) is 3.71. The number of halogens is 3. The molecule has 2 N–H and O–H groups in total. The van der Waals surface area contributed by atoms with Crippen molar-refractivity contribution in [3.8, 4) is 28.3 Å². The largest absolute Gasteiger partial charge is 0.573 e. The number of carbonyl (C=O) groups is 1. The van der Waals surface area contributed by atoms with E-state index in [1.807, 2.05) is 24.3 Å². The van der Waals surface area contributed by atoms with Crippen LogP contribution in [0.5, 0.6) is 5.75 Å². The Kier molecular flexibility index (Phi) is 6.07. The standard InChI is InChI=1S/C26H18F3N5O2/c27-26(28,29)36-19-7-3-5-16(11-19)24-25(17-6-4-10-30-13-17)34-22(15-32-24)33-23(35)12-18-14-31-21-9-2-1-8-20(18)21/h1-11,13-15,31H,12H2,(H,33,34,35). The lowest BCUT2D eigenvalue weighted by atomic mass is 10.1. The molecule has 0 saturated carbocycles. The number of hydrogen-bond donors (Lipinski definition) is 2. The van der Waals surface area contributed by atoms with Gasteiger partial charge in [0.05, 0.1) is 18.3 Å². The van der Waals surface area contributed by atoms with Crippen LogP contribution in [-0.4, -0.2) is 32.2 Å². The number of para-hydroxylation sites is 1. The highest BCUT2D eigenvalue weighted by atomic mass is 19.4. The molecule has 36 heavy (non-hydrogen) atoms. The number of pyridine rings is 1. The summed E-state index contributed by atoms with van der Waals surface area (Å²) in [5.41, 5.74) is 3.36. The molecule has 180 valence electrons. The number of ether oxygens (including phenoxy) is 1. The number of amides is 1. The summed E-state index contributed by atoms with van der Waals surface area (Å²) in [5.74, 6) is -0.473. The average Bonchev–Trinajstić information content (AvgIpc) is 3.26. The minimum atomic E-state index is -4.82. The summed E-state index contributed by atoms with van der Waals surface area (Å²) in [7, 11) is 0. The highest BCUT2D eigenvalue weighted by Crippen LogP contribution is 2.33. The summed E-state index contributed by atoms with van der Waals surface area (Å²) < 4.78 is 42.2. The molecule has 7 nitrogen and oxygen atoms in total. The molecule has 0 bridgehead atoms. The third-order valence-corrected chi connectivity index (χ3v) is 5.34. The Bertz CT molecular complexity index is 1530. The third kappa shape index (κ3) is 5.17. The first kappa shape index (κ1) is 23.0.